The Balaban J connectivity index is 1.11. The minimum Gasteiger partial charge on any atom is -0.486 e. The first-order chi connectivity index (χ1) is 19.5. The van der Waals surface area contributed by atoms with Crippen LogP contribution in [0.3, 0.4) is 0 Å². The van der Waals surface area contributed by atoms with Gasteiger partial charge in [0.1, 0.15) is 12.4 Å². The first-order valence-corrected chi connectivity index (χ1v) is 13.6. The maximum atomic E-state index is 13.6. The van der Waals surface area contributed by atoms with E-state index < -0.39 is 6.10 Å². The van der Waals surface area contributed by atoms with E-state index in [2.05, 4.69) is 5.32 Å². The van der Waals surface area contributed by atoms with E-state index in [0.29, 0.717) is 54.4 Å². The zero-order valence-electron chi connectivity index (χ0n) is 22.0. The molecule has 1 saturated heterocycles. The molecule has 1 N–H and O–H groups in total. The van der Waals surface area contributed by atoms with Crippen molar-refractivity contribution in [2.45, 2.75) is 25.4 Å². The van der Waals surface area contributed by atoms with E-state index in [-0.39, 0.29) is 42.6 Å². The quantitative estimate of drug-likeness (QED) is 0.456. The highest BCUT2D eigenvalue weighted by molar-refractivity contribution is 6.23. The molecule has 1 fully saturated rings. The first-order valence-electron chi connectivity index (χ1n) is 13.6. The Hall–Kier alpha value is -4.40. The molecular formula is C31H30FN3O5. The number of carbonyl (C=O) groups excluding carboxylic acids is 3. The Morgan fingerprint density at radius 3 is 2.60 bits per heavy atom. The predicted octanol–water partition coefficient (Wildman–Crippen LogP) is 3.84. The fourth-order valence-corrected chi connectivity index (χ4v) is 5.64. The van der Waals surface area contributed by atoms with E-state index in [1.54, 1.807) is 30.3 Å². The summed E-state index contributed by atoms with van der Waals surface area (Å²) < 4.78 is 24.9. The summed E-state index contributed by atoms with van der Waals surface area (Å²) in [5, 5.41) is 3.00. The number of benzene rings is 3. The van der Waals surface area contributed by atoms with Crippen LogP contribution in [0.2, 0.25) is 0 Å². The lowest BCUT2D eigenvalue weighted by Crippen LogP contribution is -2.44. The summed E-state index contributed by atoms with van der Waals surface area (Å²) >= 11 is 0. The molecule has 3 aromatic carbocycles. The highest BCUT2D eigenvalue weighted by Crippen LogP contribution is 2.36. The number of fused-ring (bicyclic) bond motifs is 2. The smallest absolute Gasteiger partial charge is 0.263 e. The Morgan fingerprint density at radius 2 is 1.77 bits per heavy atom. The van der Waals surface area contributed by atoms with Crippen molar-refractivity contribution in [2.75, 3.05) is 37.7 Å². The number of halogens is 1. The van der Waals surface area contributed by atoms with E-state index in [4.69, 9.17) is 9.47 Å². The largest absolute Gasteiger partial charge is 0.486 e. The molecule has 3 heterocycles. The minimum absolute atomic E-state index is 0.0434. The van der Waals surface area contributed by atoms with Crippen molar-refractivity contribution >= 4 is 23.4 Å². The van der Waals surface area contributed by atoms with Crippen LogP contribution in [0.5, 0.6) is 11.5 Å². The van der Waals surface area contributed by atoms with E-state index in [1.165, 1.54) is 17.0 Å². The fraction of sp³-hybridized carbons (Fsp3) is 0.323. The van der Waals surface area contributed by atoms with Gasteiger partial charge in [-0.3, -0.25) is 19.3 Å². The molecule has 2 atom stereocenters. The number of piperidine rings is 1. The number of rotatable bonds is 7. The lowest BCUT2D eigenvalue weighted by Gasteiger charge is -2.34. The molecule has 0 saturated carbocycles. The van der Waals surface area contributed by atoms with Crippen LogP contribution in [0.1, 0.15) is 39.1 Å². The van der Waals surface area contributed by atoms with Crippen molar-refractivity contribution in [1.82, 2.24) is 10.2 Å². The highest BCUT2D eigenvalue weighted by atomic mass is 19.1. The molecule has 3 amide bonds. The molecule has 9 heteroatoms. The molecular weight excluding hydrogens is 513 g/mol. The molecule has 3 aromatic rings. The third kappa shape index (κ3) is 5.11. The monoisotopic (exact) mass is 543 g/mol. The number of anilines is 1. The molecule has 8 nitrogen and oxygen atoms in total. The van der Waals surface area contributed by atoms with Crippen molar-refractivity contribution in [2.24, 2.45) is 5.92 Å². The number of carbonyl (C=O) groups is 3. The van der Waals surface area contributed by atoms with Crippen LogP contribution in [-0.4, -0.2) is 61.5 Å². The van der Waals surface area contributed by atoms with Crippen LogP contribution in [-0.2, 0) is 11.2 Å². The molecule has 3 aliphatic heterocycles. The Morgan fingerprint density at radius 1 is 0.975 bits per heavy atom. The molecule has 206 valence electrons. The first kappa shape index (κ1) is 25.9. The van der Waals surface area contributed by atoms with Crippen LogP contribution in [0.4, 0.5) is 10.1 Å². The number of imide groups is 1. The summed E-state index contributed by atoms with van der Waals surface area (Å²) in [7, 11) is 0. The van der Waals surface area contributed by atoms with Crippen molar-refractivity contribution in [3.05, 3.63) is 89.2 Å². The van der Waals surface area contributed by atoms with Crippen LogP contribution in [0, 0.1) is 11.7 Å². The maximum absolute atomic E-state index is 13.6. The van der Waals surface area contributed by atoms with Crippen molar-refractivity contribution in [1.29, 1.82) is 0 Å². The number of para-hydroxylation sites is 2. The third-order valence-electron chi connectivity index (χ3n) is 7.69. The zero-order chi connectivity index (χ0) is 27.6. The number of hydrogen-bond acceptors (Lipinski definition) is 6. The van der Waals surface area contributed by atoms with Gasteiger partial charge in [-0.15, -0.1) is 0 Å². The highest BCUT2D eigenvalue weighted by Gasteiger charge is 2.41. The number of amides is 3. The van der Waals surface area contributed by atoms with E-state index in [0.717, 1.165) is 18.4 Å². The second-order valence-electron chi connectivity index (χ2n) is 10.4. The Bertz CT molecular complexity index is 1440. The van der Waals surface area contributed by atoms with Gasteiger partial charge in [-0.25, -0.2) is 4.39 Å². The van der Waals surface area contributed by atoms with Gasteiger partial charge in [-0.2, -0.15) is 0 Å². The van der Waals surface area contributed by atoms with Gasteiger partial charge in [-0.05, 0) is 61.2 Å². The van der Waals surface area contributed by atoms with Crippen LogP contribution in [0.25, 0.3) is 0 Å². The average molecular weight is 544 g/mol. The molecule has 0 spiro atoms. The Labute approximate surface area is 231 Å². The molecule has 0 unspecified atom stereocenters. The van der Waals surface area contributed by atoms with E-state index in [9.17, 15) is 18.8 Å². The van der Waals surface area contributed by atoms with Gasteiger partial charge in [0.2, 0.25) is 5.91 Å². The molecule has 0 aliphatic carbocycles. The van der Waals surface area contributed by atoms with Crippen molar-refractivity contribution in [3.8, 4) is 11.5 Å². The summed E-state index contributed by atoms with van der Waals surface area (Å²) in [6, 6.07) is 18.9. The van der Waals surface area contributed by atoms with E-state index >= 15 is 0 Å². The van der Waals surface area contributed by atoms with Gasteiger partial charge < -0.3 is 19.7 Å². The summed E-state index contributed by atoms with van der Waals surface area (Å²) in [5.74, 6) is -0.0470. The van der Waals surface area contributed by atoms with Gasteiger partial charge >= 0.3 is 0 Å². The summed E-state index contributed by atoms with van der Waals surface area (Å²) in [6.07, 6.45) is 1.67. The fourth-order valence-electron chi connectivity index (χ4n) is 5.64. The van der Waals surface area contributed by atoms with Crippen molar-refractivity contribution in [3.63, 3.8) is 0 Å². The molecule has 3 aliphatic rings. The maximum Gasteiger partial charge on any atom is 0.263 e. The zero-order valence-corrected chi connectivity index (χ0v) is 22.0. The van der Waals surface area contributed by atoms with Gasteiger partial charge in [0, 0.05) is 19.6 Å². The molecule has 6 rings (SSSR count). The van der Waals surface area contributed by atoms with Crippen molar-refractivity contribution < 1.29 is 28.2 Å². The Kier molecular flexibility index (Phi) is 7.11. The summed E-state index contributed by atoms with van der Waals surface area (Å²) in [6.45, 7) is 1.92. The number of nitrogens with one attached hydrogen (secondary N) is 1. The number of hydrogen-bond donors (Lipinski definition) is 1. The van der Waals surface area contributed by atoms with Gasteiger partial charge in [-0.1, -0.05) is 30.3 Å². The van der Waals surface area contributed by atoms with Crippen LogP contribution < -0.4 is 19.7 Å². The minimum atomic E-state index is -0.474. The summed E-state index contributed by atoms with van der Waals surface area (Å²) in [4.78, 5) is 43.1. The number of nitrogens with zero attached hydrogens (tertiary/aromatic N) is 2. The SMILES string of the molecule is O=C(NCCc1ccc(F)cc1)[C@@H]1CCCN(c2cccc3c2C(=O)N(C[C@@H]2COc4ccccc4O2)C3=O)C1. The average Bonchev–Trinajstić information content (AvgIpc) is 3.23. The molecule has 40 heavy (non-hydrogen) atoms. The second-order valence-corrected chi connectivity index (χ2v) is 10.4. The second kappa shape index (κ2) is 11.0. The molecule has 0 aromatic heterocycles. The lowest BCUT2D eigenvalue weighted by atomic mass is 9.95. The topological polar surface area (TPSA) is 88.2 Å². The third-order valence-corrected chi connectivity index (χ3v) is 7.69. The predicted molar refractivity (Wildman–Crippen MR) is 146 cm³/mol. The normalized spacial score (nSPS) is 19.9. The van der Waals surface area contributed by atoms with Gasteiger partial charge in [0.25, 0.3) is 11.8 Å². The van der Waals surface area contributed by atoms with Gasteiger partial charge in [0.15, 0.2) is 17.6 Å². The van der Waals surface area contributed by atoms with Crippen LogP contribution >= 0.6 is 0 Å². The summed E-state index contributed by atoms with van der Waals surface area (Å²) in [5.41, 5.74) is 2.37. The number of ether oxygens (including phenoxy) is 2. The molecule has 0 radical (unpaired) electrons. The van der Waals surface area contributed by atoms with E-state index in [1.807, 2.05) is 29.2 Å². The standard InChI is InChI=1S/C31H30FN3O5/c32-22-12-10-20(11-13-22)14-15-33-29(36)21-5-4-16-34(17-21)25-7-3-6-24-28(25)31(38)35(30(24)37)18-23-19-39-26-8-1-2-9-27(26)40-23/h1-3,6-13,21,23H,4-5,14-19H2,(H,33,36)/t21-,23-/m1/s1. The van der Waals surface area contributed by atoms with Crippen LogP contribution in [0.15, 0.2) is 66.7 Å². The molecule has 0 bridgehead atoms. The lowest BCUT2D eigenvalue weighted by molar-refractivity contribution is -0.125. The van der Waals surface area contributed by atoms with Gasteiger partial charge in [0.05, 0.1) is 29.3 Å².